The summed E-state index contributed by atoms with van der Waals surface area (Å²) < 4.78 is 0.865. The molecular formula is C7H12N2O2S2. The molecule has 1 aliphatic heterocycles. The quantitative estimate of drug-likeness (QED) is 0.704. The molecule has 0 amide bonds. The lowest BCUT2D eigenvalue weighted by Gasteiger charge is -2.34. The molecule has 0 bridgehead atoms. The van der Waals surface area contributed by atoms with E-state index in [9.17, 15) is 4.79 Å². The van der Waals surface area contributed by atoms with Crippen LogP contribution in [0.3, 0.4) is 0 Å². The number of carboxylic acids is 1. The minimum absolute atomic E-state index is 0.0894. The van der Waals surface area contributed by atoms with Gasteiger partial charge in [-0.25, -0.2) is 0 Å². The van der Waals surface area contributed by atoms with E-state index in [4.69, 9.17) is 17.3 Å². The van der Waals surface area contributed by atoms with Crippen molar-refractivity contribution in [2.75, 3.05) is 25.6 Å². The van der Waals surface area contributed by atoms with Crippen molar-refractivity contribution in [2.45, 2.75) is 6.92 Å². The second-order valence-corrected chi connectivity index (χ2v) is 4.34. The van der Waals surface area contributed by atoms with Crippen LogP contribution in [0, 0.1) is 0 Å². The van der Waals surface area contributed by atoms with Crippen LogP contribution in [0.1, 0.15) is 6.92 Å². The van der Waals surface area contributed by atoms with E-state index in [-0.39, 0.29) is 6.54 Å². The number of hydrogen-bond donors (Lipinski definition) is 1. The highest BCUT2D eigenvalue weighted by Crippen LogP contribution is 2.17. The van der Waals surface area contributed by atoms with Crippen LogP contribution in [0.2, 0.25) is 0 Å². The number of rotatable bonds is 3. The molecule has 0 saturated carbocycles. The van der Waals surface area contributed by atoms with Gasteiger partial charge >= 0.3 is 5.97 Å². The van der Waals surface area contributed by atoms with Gasteiger partial charge in [-0.2, -0.15) is 0 Å². The number of carbonyl (C=O) groups is 1. The van der Waals surface area contributed by atoms with Crippen molar-refractivity contribution >= 4 is 34.3 Å². The molecule has 1 fully saturated rings. The van der Waals surface area contributed by atoms with E-state index in [1.165, 1.54) is 11.8 Å². The van der Waals surface area contributed by atoms with E-state index in [2.05, 4.69) is 0 Å². The van der Waals surface area contributed by atoms with Crippen molar-refractivity contribution in [1.29, 1.82) is 0 Å². The standard InChI is InChI=1S/C7H12N2O2S2/c1-2-9-4-8(3-6(10)11)5-13-7(9)12/h2-5H2,1H3,(H,10,11). The molecule has 1 heterocycles. The highest BCUT2D eigenvalue weighted by molar-refractivity contribution is 8.22. The Kier molecular flexibility index (Phi) is 3.95. The Bertz CT molecular complexity index is 223. The molecule has 0 aromatic rings. The summed E-state index contributed by atoms with van der Waals surface area (Å²) in [5.74, 6) is -0.105. The first-order valence-electron chi connectivity index (χ1n) is 3.99. The van der Waals surface area contributed by atoms with Gasteiger partial charge in [-0.15, -0.1) is 0 Å². The van der Waals surface area contributed by atoms with Crippen LogP contribution in [0.4, 0.5) is 0 Å². The van der Waals surface area contributed by atoms with Crippen LogP contribution in [0.15, 0.2) is 0 Å². The lowest BCUT2D eigenvalue weighted by molar-refractivity contribution is -0.138. The Balaban J connectivity index is 2.44. The first-order chi connectivity index (χ1) is 6.13. The average Bonchev–Trinajstić information content (AvgIpc) is 2.07. The number of aliphatic carboxylic acids is 1. The Labute approximate surface area is 86.9 Å². The summed E-state index contributed by atoms with van der Waals surface area (Å²) in [5.41, 5.74) is 0. The monoisotopic (exact) mass is 220 g/mol. The first-order valence-corrected chi connectivity index (χ1v) is 5.38. The fourth-order valence-electron chi connectivity index (χ4n) is 1.09. The van der Waals surface area contributed by atoms with E-state index in [1.807, 2.05) is 16.7 Å². The van der Waals surface area contributed by atoms with Crippen molar-refractivity contribution in [3.63, 3.8) is 0 Å². The Morgan fingerprint density at radius 2 is 2.46 bits per heavy atom. The molecule has 1 N–H and O–H groups in total. The summed E-state index contributed by atoms with van der Waals surface area (Å²) in [6.07, 6.45) is 0. The molecule has 1 saturated heterocycles. The van der Waals surface area contributed by atoms with Crippen molar-refractivity contribution in [2.24, 2.45) is 0 Å². The van der Waals surface area contributed by atoms with Gasteiger partial charge in [0, 0.05) is 6.54 Å². The molecule has 0 unspecified atom stereocenters. The molecule has 4 nitrogen and oxygen atoms in total. The average molecular weight is 220 g/mol. The van der Waals surface area contributed by atoms with Gasteiger partial charge in [0.05, 0.1) is 19.1 Å². The molecule has 0 aliphatic carbocycles. The van der Waals surface area contributed by atoms with Crippen molar-refractivity contribution in [3.05, 3.63) is 0 Å². The molecule has 1 aliphatic rings. The molecule has 6 heteroatoms. The Hall–Kier alpha value is -0.330. The van der Waals surface area contributed by atoms with Gasteiger partial charge in [0.15, 0.2) is 0 Å². The van der Waals surface area contributed by atoms with Crippen LogP contribution in [-0.4, -0.2) is 50.8 Å². The maximum Gasteiger partial charge on any atom is 0.317 e. The zero-order valence-corrected chi connectivity index (χ0v) is 9.03. The molecule has 0 aromatic heterocycles. The number of carboxylic acid groups (broad SMARTS) is 1. The summed E-state index contributed by atoms with van der Waals surface area (Å²) in [4.78, 5) is 14.3. The van der Waals surface area contributed by atoms with Gasteiger partial charge in [-0.3, -0.25) is 9.69 Å². The summed E-state index contributed by atoms with van der Waals surface area (Å²) in [6.45, 7) is 3.57. The van der Waals surface area contributed by atoms with Crippen molar-refractivity contribution < 1.29 is 9.90 Å². The van der Waals surface area contributed by atoms with Gasteiger partial charge in [-0.1, -0.05) is 24.0 Å². The zero-order valence-electron chi connectivity index (χ0n) is 7.39. The second-order valence-electron chi connectivity index (χ2n) is 2.76. The van der Waals surface area contributed by atoms with Crippen LogP contribution in [0.25, 0.3) is 0 Å². The van der Waals surface area contributed by atoms with Gasteiger partial charge in [0.2, 0.25) is 0 Å². The number of hydrogen-bond acceptors (Lipinski definition) is 4. The second kappa shape index (κ2) is 4.78. The van der Waals surface area contributed by atoms with E-state index >= 15 is 0 Å². The predicted octanol–water partition coefficient (Wildman–Crippen LogP) is 0.642. The molecule has 1 rings (SSSR count). The van der Waals surface area contributed by atoms with Crippen molar-refractivity contribution in [3.8, 4) is 0 Å². The third-order valence-corrected chi connectivity index (χ3v) is 3.35. The number of nitrogens with zero attached hydrogens (tertiary/aromatic N) is 2. The topological polar surface area (TPSA) is 43.8 Å². The fraction of sp³-hybridized carbons (Fsp3) is 0.714. The third-order valence-electron chi connectivity index (χ3n) is 1.74. The molecule has 0 atom stereocenters. The summed E-state index contributed by atoms with van der Waals surface area (Å²) in [6, 6.07) is 0. The van der Waals surface area contributed by atoms with E-state index in [0.29, 0.717) is 12.5 Å². The van der Waals surface area contributed by atoms with Gasteiger partial charge in [-0.05, 0) is 6.92 Å². The van der Waals surface area contributed by atoms with Gasteiger partial charge < -0.3 is 10.0 Å². The maximum absolute atomic E-state index is 10.4. The third kappa shape index (κ3) is 3.13. The van der Waals surface area contributed by atoms with Crippen LogP contribution in [0.5, 0.6) is 0 Å². The summed E-state index contributed by atoms with van der Waals surface area (Å²) in [7, 11) is 0. The summed E-state index contributed by atoms with van der Waals surface area (Å²) in [5, 5.41) is 8.59. The molecule has 13 heavy (non-hydrogen) atoms. The molecule has 0 spiro atoms. The highest BCUT2D eigenvalue weighted by atomic mass is 32.2. The first kappa shape index (κ1) is 10.7. The van der Waals surface area contributed by atoms with E-state index in [0.717, 1.165) is 10.9 Å². The van der Waals surface area contributed by atoms with Crippen LogP contribution >= 0.6 is 24.0 Å². The fourth-order valence-corrected chi connectivity index (χ4v) is 2.27. The molecule has 0 radical (unpaired) electrons. The summed E-state index contributed by atoms with van der Waals surface area (Å²) >= 11 is 6.63. The number of thiocarbonyl (C=S) groups is 1. The SMILES string of the molecule is CCN1CN(CC(=O)O)CSC1=S. The van der Waals surface area contributed by atoms with E-state index < -0.39 is 5.97 Å². The number of thioether (sulfide) groups is 1. The highest BCUT2D eigenvalue weighted by Gasteiger charge is 2.21. The lowest BCUT2D eigenvalue weighted by atomic mass is 10.5. The predicted molar refractivity (Wildman–Crippen MR) is 56.6 cm³/mol. The maximum atomic E-state index is 10.4. The Morgan fingerprint density at radius 3 is 3.00 bits per heavy atom. The van der Waals surface area contributed by atoms with Crippen LogP contribution < -0.4 is 0 Å². The van der Waals surface area contributed by atoms with E-state index in [1.54, 1.807) is 0 Å². The molecular weight excluding hydrogens is 208 g/mol. The van der Waals surface area contributed by atoms with Crippen molar-refractivity contribution in [1.82, 2.24) is 9.80 Å². The van der Waals surface area contributed by atoms with Gasteiger partial charge in [0.1, 0.15) is 4.32 Å². The minimum atomic E-state index is -0.788. The zero-order chi connectivity index (χ0) is 9.84. The molecule has 74 valence electrons. The smallest absolute Gasteiger partial charge is 0.317 e. The lowest BCUT2D eigenvalue weighted by Crippen LogP contribution is -2.46. The molecule has 0 aromatic carbocycles. The van der Waals surface area contributed by atoms with Crippen LogP contribution in [-0.2, 0) is 4.79 Å². The largest absolute Gasteiger partial charge is 0.480 e. The van der Waals surface area contributed by atoms with Gasteiger partial charge in [0.25, 0.3) is 0 Å². The Morgan fingerprint density at radius 1 is 1.77 bits per heavy atom. The normalized spacial score (nSPS) is 19.2. The minimum Gasteiger partial charge on any atom is -0.480 e.